The Balaban J connectivity index is 0.00000102. The largest absolute Gasteiger partial charge is 0.483 e. The van der Waals surface area contributed by atoms with E-state index in [-0.39, 0.29) is 12.4 Å². The topological polar surface area (TPSA) is 121 Å². The number of hydrazine groups is 1. The fourth-order valence-electron chi connectivity index (χ4n) is 3.88. The number of nitrogen functional groups attached to an aromatic ring is 1. The van der Waals surface area contributed by atoms with Crippen LogP contribution < -0.4 is 11.3 Å². The van der Waals surface area contributed by atoms with E-state index in [9.17, 15) is 4.79 Å². The molecule has 0 unspecified atom stereocenters. The lowest BCUT2D eigenvalue weighted by atomic mass is 10.0. The van der Waals surface area contributed by atoms with Gasteiger partial charge in [0, 0.05) is 52.5 Å². The van der Waals surface area contributed by atoms with E-state index in [0.29, 0.717) is 22.2 Å². The van der Waals surface area contributed by atoms with Crippen molar-refractivity contribution >= 4 is 35.2 Å². The predicted octanol–water partition coefficient (Wildman–Crippen LogP) is 4.10. The minimum Gasteiger partial charge on any atom is -0.483 e. The van der Waals surface area contributed by atoms with Crippen LogP contribution >= 0.6 is 11.9 Å². The summed E-state index contributed by atoms with van der Waals surface area (Å²) in [6, 6.07) is 19.7. The van der Waals surface area contributed by atoms with Gasteiger partial charge in [-0.1, -0.05) is 24.0 Å². The molecule has 2 aromatic heterocycles. The van der Waals surface area contributed by atoms with Gasteiger partial charge in [-0.2, -0.15) is 0 Å². The molecule has 1 fully saturated rings. The third-order valence-electron chi connectivity index (χ3n) is 5.67. The van der Waals surface area contributed by atoms with E-state index in [2.05, 4.69) is 55.8 Å². The maximum atomic E-state index is 12.3. The zero-order valence-electron chi connectivity index (χ0n) is 19.9. The molecule has 0 spiro atoms. The fraction of sp³-hybridized carbons (Fsp3) is 0.143. The van der Waals surface area contributed by atoms with Crippen molar-refractivity contribution in [3.63, 3.8) is 0 Å². The van der Waals surface area contributed by atoms with Gasteiger partial charge >= 0.3 is 0 Å². The van der Waals surface area contributed by atoms with Crippen molar-refractivity contribution < 1.29 is 14.7 Å². The molecule has 4 aromatic rings. The summed E-state index contributed by atoms with van der Waals surface area (Å²) >= 11 is 1.82. The number of rotatable bonds is 4. The Labute approximate surface area is 219 Å². The standard InChI is InChI=1S/C27H23N5OS.CH2O2/c28-31-27(33)23-17-26(30-25-13-14-29-18-24(23)25)21-9-5-19(6-10-21)3-4-20-7-11-22(12-8-20)34-32-15-1-2-16-32;2-1-3/h5-14,17-18H,1-2,15-16,28H2,(H,31,33);1H,(H,2,3). The normalized spacial score (nSPS) is 12.7. The lowest BCUT2D eigenvalue weighted by Crippen LogP contribution is -2.30. The molecule has 1 saturated heterocycles. The Hall–Kier alpha value is -4.23. The van der Waals surface area contributed by atoms with Crippen LogP contribution in [-0.2, 0) is 4.79 Å². The first kappa shape index (κ1) is 25.9. The van der Waals surface area contributed by atoms with Crippen LogP contribution in [0.3, 0.4) is 0 Å². The third-order valence-corrected chi connectivity index (χ3v) is 6.78. The SMILES string of the molecule is NNC(=O)c1cc(-c2ccc(C#Cc3ccc(SN4CCCC4)cc3)cc2)nc2ccncc12.O=CO. The summed E-state index contributed by atoms with van der Waals surface area (Å²) in [4.78, 5) is 30.7. The smallest absolute Gasteiger partial charge is 0.290 e. The second-order valence-corrected chi connectivity index (χ2v) is 9.28. The van der Waals surface area contributed by atoms with Gasteiger partial charge < -0.3 is 5.11 Å². The third kappa shape index (κ3) is 6.71. The molecule has 8 nitrogen and oxygen atoms in total. The molecule has 5 rings (SSSR count). The van der Waals surface area contributed by atoms with Gasteiger partial charge in [0.15, 0.2) is 0 Å². The predicted molar refractivity (Wildman–Crippen MR) is 144 cm³/mol. The van der Waals surface area contributed by atoms with E-state index in [1.165, 1.54) is 17.7 Å². The van der Waals surface area contributed by atoms with E-state index in [1.54, 1.807) is 24.5 Å². The van der Waals surface area contributed by atoms with Gasteiger partial charge in [0.25, 0.3) is 12.4 Å². The van der Waals surface area contributed by atoms with Crippen LogP contribution in [0.25, 0.3) is 22.2 Å². The Bertz CT molecular complexity index is 1440. The summed E-state index contributed by atoms with van der Waals surface area (Å²) < 4.78 is 2.41. The molecule has 37 heavy (non-hydrogen) atoms. The lowest BCUT2D eigenvalue weighted by molar-refractivity contribution is -0.122. The van der Waals surface area contributed by atoms with Gasteiger partial charge in [-0.15, -0.1) is 0 Å². The van der Waals surface area contributed by atoms with Crippen LogP contribution in [0.1, 0.15) is 34.3 Å². The van der Waals surface area contributed by atoms with E-state index in [0.717, 1.165) is 29.8 Å². The number of amides is 1. The summed E-state index contributed by atoms with van der Waals surface area (Å²) in [6.45, 7) is 2.07. The molecule has 3 heterocycles. The number of benzene rings is 2. The Morgan fingerprint density at radius 2 is 1.65 bits per heavy atom. The first-order chi connectivity index (χ1) is 18.1. The highest BCUT2D eigenvalue weighted by molar-refractivity contribution is 7.97. The number of carboxylic acid groups (broad SMARTS) is 1. The maximum absolute atomic E-state index is 12.3. The van der Waals surface area contributed by atoms with Crippen molar-refractivity contribution in [3.05, 3.63) is 89.7 Å². The molecular weight excluding hydrogens is 486 g/mol. The highest BCUT2D eigenvalue weighted by Crippen LogP contribution is 2.27. The molecule has 0 bridgehead atoms. The van der Waals surface area contributed by atoms with E-state index in [1.807, 2.05) is 36.2 Å². The van der Waals surface area contributed by atoms with Crippen molar-refractivity contribution in [1.82, 2.24) is 19.7 Å². The second kappa shape index (κ2) is 12.6. The van der Waals surface area contributed by atoms with Gasteiger partial charge in [0.2, 0.25) is 0 Å². The number of fused-ring (bicyclic) bond motifs is 1. The van der Waals surface area contributed by atoms with E-state index < -0.39 is 0 Å². The molecule has 0 saturated carbocycles. The highest BCUT2D eigenvalue weighted by atomic mass is 32.2. The average Bonchev–Trinajstić information content (AvgIpc) is 3.45. The minimum atomic E-state index is -0.381. The fourth-order valence-corrected chi connectivity index (χ4v) is 4.88. The number of pyridine rings is 2. The molecule has 0 radical (unpaired) electrons. The van der Waals surface area contributed by atoms with Crippen LogP contribution in [0.2, 0.25) is 0 Å². The van der Waals surface area contributed by atoms with Gasteiger partial charge in [-0.3, -0.25) is 20.0 Å². The first-order valence-corrected chi connectivity index (χ1v) is 12.4. The van der Waals surface area contributed by atoms with Crippen molar-refractivity contribution in [1.29, 1.82) is 0 Å². The summed E-state index contributed by atoms with van der Waals surface area (Å²) in [7, 11) is 0. The Morgan fingerprint density at radius 3 is 2.27 bits per heavy atom. The van der Waals surface area contributed by atoms with Crippen LogP contribution in [0.15, 0.2) is 78.0 Å². The summed E-state index contributed by atoms with van der Waals surface area (Å²) in [5.74, 6) is 11.4. The number of hydrogen-bond donors (Lipinski definition) is 3. The molecular formula is C28H25N5O3S. The zero-order valence-corrected chi connectivity index (χ0v) is 20.7. The van der Waals surface area contributed by atoms with Gasteiger partial charge in [-0.05, 0) is 73.3 Å². The molecule has 4 N–H and O–H groups in total. The lowest BCUT2D eigenvalue weighted by Gasteiger charge is -2.12. The van der Waals surface area contributed by atoms with Gasteiger partial charge in [0.05, 0.1) is 16.8 Å². The minimum absolute atomic E-state index is 0.250. The van der Waals surface area contributed by atoms with Crippen LogP contribution in [0.4, 0.5) is 0 Å². The van der Waals surface area contributed by atoms with Crippen molar-refractivity contribution in [2.45, 2.75) is 17.7 Å². The number of nitrogens with two attached hydrogens (primary N) is 1. The first-order valence-electron chi connectivity index (χ1n) is 11.6. The van der Waals surface area contributed by atoms with Crippen LogP contribution in [0, 0.1) is 11.8 Å². The van der Waals surface area contributed by atoms with E-state index >= 15 is 0 Å². The Kier molecular flexibility index (Phi) is 8.84. The number of aromatic nitrogens is 2. The monoisotopic (exact) mass is 511 g/mol. The molecule has 186 valence electrons. The van der Waals surface area contributed by atoms with Crippen molar-refractivity contribution in [3.8, 4) is 23.1 Å². The quantitative estimate of drug-likeness (QED) is 0.0935. The molecule has 2 aromatic carbocycles. The molecule has 1 amide bonds. The summed E-state index contributed by atoms with van der Waals surface area (Å²) in [5, 5.41) is 7.54. The highest BCUT2D eigenvalue weighted by Gasteiger charge is 2.14. The molecule has 0 aliphatic carbocycles. The number of carbonyl (C=O) groups is 2. The summed E-state index contributed by atoms with van der Waals surface area (Å²) in [6.07, 6.45) is 5.84. The number of carbonyl (C=O) groups excluding carboxylic acids is 1. The average molecular weight is 512 g/mol. The number of hydrogen-bond acceptors (Lipinski definition) is 7. The van der Waals surface area contributed by atoms with Crippen LogP contribution in [0.5, 0.6) is 0 Å². The maximum Gasteiger partial charge on any atom is 0.290 e. The van der Waals surface area contributed by atoms with Crippen LogP contribution in [-0.4, -0.2) is 44.8 Å². The Morgan fingerprint density at radius 1 is 1.03 bits per heavy atom. The van der Waals surface area contributed by atoms with Crippen molar-refractivity contribution in [2.75, 3.05) is 13.1 Å². The molecule has 1 aliphatic rings. The van der Waals surface area contributed by atoms with Gasteiger partial charge in [-0.25, -0.2) is 15.1 Å². The molecule has 0 atom stereocenters. The summed E-state index contributed by atoms with van der Waals surface area (Å²) in [5.41, 5.74) is 6.78. The second-order valence-electron chi connectivity index (χ2n) is 8.11. The molecule has 9 heteroatoms. The number of nitrogens with zero attached hydrogens (tertiary/aromatic N) is 3. The molecule has 1 aliphatic heterocycles. The number of nitrogens with one attached hydrogen (secondary N) is 1. The van der Waals surface area contributed by atoms with Crippen molar-refractivity contribution in [2.24, 2.45) is 5.84 Å². The van der Waals surface area contributed by atoms with Gasteiger partial charge in [0.1, 0.15) is 0 Å². The zero-order chi connectivity index (χ0) is 26.0. The van der Waals surface area contributed by atoms with E-state index in [4.69, 9.17) is 15.7 Å².